The number of thioether (sulfide) groups is 2. The van der Waals surface area contributed by atoms with Gasteiger partial charge in [-0.25, -0.2) is 0 Å². The van der Waals surface area contributed by atoms with Crippen LogP contribution in [0.5, 0.6) is 0 Å². The summed E-state index contributed by atoms with van der Waals surface area (Å²) in [4.78, 5) is 2.52. The zero-order chi connectivity index (χ0) is 10.6. The van der Waals surface area contributed by atoms with Crippen molar-refractivity contribution in [2.24, 2.45) is 0 Å². The zero-order valence-electron chi connectivity index (χ0n) is 8.67. The summed E-state index contributed by atoms with van der Waals surface area (Å²) in [5, 5.41) is 4.34. The monoisotopic (exact) mass is 360 g/mol. The van der Waals surface area contributed by atoms with Gasteiger partial charge < -0.3 is 0 Å². The number of allylic oxidation sites excluding steroid dienone is 2. The molecule has 0 radical (unpaired) electrons. The molecule has 0 spiro atoms. The first-order valence-corrected chi connectivity index (χ1v) is 10.6. The van der Waals surface area contributed by atoms with Crippen LogP contribution in [0, 0.1) is 0 Å². The van der Waals surface area contributed by atoms with Crippen molar-refractivity contribution < 1.29 is 0 Å². The molecule has 80 valence electrons. The van der Waals surface area contributed by atoms with Crippen molar-refractivity contribution in [3.05, 3.63) is 23.0 Å². The van der Waals surface area contributed by atoms with E-state index < -0.39 is 0 Å². The van der Waals surface area contributed by atoms with E-state index >= 15 is 0 Å². The van der Waals surface area contributed by atoms with E-state index in [0.29, 0.717) is 2.98 Å². The van der Waals surface area contributed by atoms with Crippen molar-refractivity contribution >= 4 is 53.4 Å². The Labute approximate surface area is 108 Å². The fourth-order valence-corrected chi connectivity index (χ4v) is 14.6. The van der Waals surface area contributed by atoms with E-state index in [9.17, 15) is 0 Å². The van der Waals surface area contributed by atoms with Crippen LogP contribution < -0.4 is 0 Å². The zero-order valence-corrected chi connectivity index (χ0v) is 13.7. The average Bonchev–Trinajstić information content (AvgIpc) is 2.01. The number of hydrogen-bond donors (Lipinski definition) is 0. The van der Waals surface area contributed by atoms with Gasteiger partial charge in [-0.05, 0) is 0 Å². The summed E-state index contributed by atoms with van der Waals surface area (Å²) in [6.45, 7) is 12.3. The van der Waals surface area contributed by atoms with Crippen molar-refractivity contribution in [1.29, 1.82) is 0 Å². The fourth-order valence-electron chi connectivity index (χ4n) is 1.16. The van der Waals surface area contributed by atoms with Crippen molar-refractivity contribution in [2.75, 3.05) is 0 Å². The van der Waals surface area contributed by atoms with Gasteiger partial charge >= 0.3 is 109 Å². The normalized spacial score (nSPS) is 20.4. The topological polar surface area (TPSA) is 0 Å². The summed E-state index contributed by atoms with van der Waals surface area (Å²) < 4.78 is 0.447. The molecule has 1 saturated heterocycles. The van der Waals surface area contributed by atoms with Crippen molar-refractivity contribution in [3.8, 4) is 0 Å². The molecule has 1 rings (SSSR count). The summed E-state index contributed by atoms with van der Waals surface area (Å²) in [7, 11) is 0. The molecule has 4 heteroatoms. The maximum absolute atomic E-state index is 4.04. The molecule has 0 atom stereocenters. The second-order valence-electron chi connectivity index (χ2n) is 3.19. The average molecular weight is 358 g/mol. The summed E-state index contributed by atoms with van der Waals surface area (Å²) in [6.07, 6.45) is 0. The quantitative estimate of drug-likeness (QED) is 0.553. The third-order valence-corrected chi connectivity index (χ3v) is 13.4. The van der Waals surface area contributed by atoms with Crippen LogP contribution in [0.15, 0.2) is 23.0 Å². The van der Waals surface area contributed by atoms with Gasteiger partial charge in [-0.2, -0.15) is 0 Å². The molecule has 0 aromatic heterocycles. The second-order valence-corrected chi connectivity index (χ2v) is 13.1. The van der Waals surface area contributed by atoms with E-state index in [2.05, 4.69) is 27.0 Å². The molecule has 0 bridgehead atoms. The van der Waals surface area contributed by atoms with E-state index in [4.69, 9.17) is 0 Å². The fraction of sp³-hybridized carbons (Fsp3) is 0.600. The molecular weight excluding hydrogens is 342 g/mol. The van der Waals surface area contributed by atoms with E-state index in [0.717, 1.165) is 29.9 Å². The van der Waals surface area contributed by atoms with Gasteiger partial charge in [0.1, 0.15) is 0 Å². The van der Waals surface area contributed by atoms with Crippen molar-refractivity contribution in [2.45, 2.75) is 32.8 Å². The molecule has 0 aromatic rings. The molecule has 1 heterocycles. The van der Waals surface area contributed by atoms with Gasteiger partial charge in [0.25, 0.3) is 0 Å². The molecule has 14 heavy (non-hydrogen) atoms. The minimum absolute atomic E-state index is 0.447. The SMILES string of the molecule is C=C(C)SC1(SC(=C)C)C[Se]CC[Se]1. The van der Waals surface area contributed by atoms with Gasteiger partial charge in [0.2, 0.25) is 0 Å². The predicted molar refractivity (Wildman–Crippen MR) is 73.5 cm³/mol. The van der Waals surface area contributed by atoms with Crippen LogP contribution >= 0.6 is 23.5 Å². The third-order valence-electron chi connectivity index (χ3n) is 1.49. The molecule has 0 aromatic carbocycles. The van der Waals surface area contributed by atoms with Gasteiger partial charge in [-0.3, -0.25) is 0 Å². The molecule has 0 amide bonds. The molecule has 0 nitrogen and oxygen atoms in total. The Kier molecular flexibility index (Phi) is 5.77. The summed E-state index contributed by atoms with van der Waals surface area (Å²) in [5.74, 6) is 0. The number of hydrogen-bond acceptors (Lipinski definition) is 2. The van der Waals surface area contributed by atoms with Crippen molar-refractivity contribution in [1.82, 2.24) is 0 Å². The first kappa shape index (κ1) is 13.3. The first-order chi connectivity index (χ1) is 6.54. The van der Waals surface area contributed by atoms with E-state index in [1.807, 2.05) is 23.5 Å². The van der Waals surface area contributed by atoms with Crippen molar-refractivity contribution in [3.63, 3.8) is 0 Å². The van der Waals surface area contributed by atoms with Gasteiger partial charge in [0, 0.05) is 0 Å². The molecule has 1 aliphatic rings. The Morgan fingerprint density at radius 1 is 1.14 bits per heavy atom. The van der Waals surface area contributed by atoms with Crippen LogP contribution in [0.4, 0.5) is 0 Å². The third kappa shape index (κ3) is 4.38. The van der Waals surface area contributed by atoms with Gasteiger partial charge in [0.05, 0.1) is 0 Å². The van der Waals surface area contributed by atoms with E-state index in [1.54, 1.807) is 0 Å². The Morgan fingerprint density at radius 3 is 2.07 bits per heavy atom. The molecule has 0 saturated carbocycles. The summed E-state index contributed by atoms with van der Waals surface area (Å²) in [5.41, 5.74) is 0. The van der Waals surface area contributed by atoms with Gasteiger partial charge in [-0.15, -0.1) is 0 Å². The van der Waals surface area contributed by atoms with Gasteiger partial charge in [-0.1, -0.05) is 0 Å². The van der Waals surface area contributed by atoms with Crippen LogP contribution in [0.2, 0.25) is 16.0 Å². The first-order valence-electron chi connectivity index (χ1n) is 4.45. The predicted octanol–water partition coefficient (Wildman–Crippen LogP) is 3.85. The summed E-state index contributed by atoms with van der Waals surface area (Å²) >= 11 is 5.61. The number of rotatable bonds is 4. The Bertz CT molecular complexity index is 214. The second kappa shape index (κ2) is 6.08. The molecule has 0 unspecified atom stereocenters. The van der Waals surface area contributed by atoms with Crippen LogP contribution in [0.1, 0.15) is 13.8 Å². The Hall–Kier alpha value is 1.22. The molecule has 0 aliphatic carbocycles. The Balaban J connectivity index is 2.66. The summed E-state index contributed by atoms with van der Waals surface area (Å²) in [6, 6.07) is 0. The standard InChI is InChI=1S/C10H16S2Se2/c1-8(2)11-10(12-9(3)4)7-13-5-6-14-10/h1,3,5-7H2,2,4H3. The van der Waals surface area contributed by atoms with Crippen LogP contribution in [-0.4, -0.2) is 32.9 Å². The van der Waals surface area contributed by atoms with Crippen LogP contribution in [0.25, 0.3) is 0 Å². The maximum atomic E-state index is 4.04. The molecular formula is C10H16S2Se2. The minimum atomic E-state index is 0.447. The Morgan fingerprint density at radius 2 is 1.71 bits per heavy atom. The molecule has 1 aliphatic heterocycles. The molecule has 1 fully saturated rings. The van der Waals surface area contributed by atoms with Gasteiger partial charge in [0.15, 0.2) is 0 Å². The van der Waals surface area contributed by atoms with Crippen LogP contribution in [0.3, 0.4) is 0 Å². The van der Waals surface area contributed by atoms with E-state index in [-0.39, 0.29) is 0 Å². The van der Waals surface area contributed by atoms with Crippen LogP contribution in [-0.2, 0) is 0 Å². The van der Waals surface area contributed by atoms with E-state index in [1.165, 1.54) is 25.8 Å². The molecule has 0 N–H and O–H groups in total.